The fourth-order valence-corrected chi connectivity index (χ4v) is 13.5. The Balaban J connectivity index is 1.30. The van der Waals surface area contributed by atoms with Gasteiger partial charge in [-0.05, 0) is 198 Å². The van der Waals surface area contributed by atoms with Crippen molar-refractivity contribution in [1.29, 1.82) is 0 Å². The number of nitrogens with zero attached hydrogens (tertiary/aromatic N) is 2. The van der Waals surface area contributed by atoms with Crippen molar-refractivity contribution in [1.82, 2.24) is 31.1 Å². The third-order valence-corrected chi connectivity index (χ3v) is 17.2. The van der Waals surface area contributed by atoms with E-state index in [4.69, 9.17) is 18.9 Å². The number of amides is 8. The van der Waals surface area contributed by atoms with E-state index in [1.165, 1.54) is 0 Å². The molecule has 0 bridgehead atoms. The van der Waals surface area contributed by atoms with E-state index in [2.05, 4.69) is 34.4 Å². The molecular formula is C78H78N6O12. The molecule has 11 rings (SSSR count). The maximum atomic E-state index is 16.1. The number of hydrogen-bond acceptors (Lipinski definition) is 12. The van der Waals surface area contributed by atoms with Crippen LogP contribution in [0.15, 0.2) is 121 Å². The Bertz CT molecular complexity index is 4250. The fourth-order valence-electron chi connectivity index (χ4n) is 13.5. The first-order chi connectivity index (χ1) is 45.5. The van der Waals surface area contributed by atoms with Crippen LogP contribution in [0.2, 0.25) is 0 Å². The minimum absolute atomic E-state index is 0.00565. The van der Waals surface area contributed by atoms with Gasteiger partial charge in [0.25, 0.3) is 23.6 Å². The van der Waals surface area contributed by atoms with Crippen LogP contribution in [0.25, 0.3) is 43.1 Å². The number of imide groups is 2. The second kappa shape index (κ2) is 26.1. The average Bonchev–Trinajstić information content (AvgIpc) is 0.670. The predicted molar refractivity (Wildman–Crippen MR) is 372 cm³/mol. The van der Waals surface area contributed by atoms with Crippen molar-refractivity contribution in [2.75, 3.05) is 26.2 Å². The van der Waals surface area contributed by atoms with Crippen molar-refractivity contribution in [3.8, 4) is 46.0 Å². The quantitative estimate of drug-likeness (QED) is 0.0163. The van der Waals surface area contributed by atoms with Crippen molar-refractivity contribution < 1.29 is 57.3 Å². The van der Waals surface area contributed by atoms with Gasteiger partial charge in [0.05, 0.1) is 22.3 Å². The maximum absolute atomic E-state index is 16.1. The summed E-state index contributed by atoms with van der Waals surface area (Å²) in [5.41, 5.74) is 7.36. The van der Waals surface area contributed by atoms with Crippen LogP contribution in [0.1, 0.15) is 127 Å². The summed E-state index contributed by atoms with van der Waals surface area (Å²) in [5.74, 6) is -4.83. The highest BCUT2D eigenvalue weighted by molar-refractivity contribution is 6.45. The lowest BCUT2D eigenvalue weighted by atomic mass is 9.80. The van der Waals surface area contributed by atoms with Gasteiger partial charge in [-0.15, -0.1) is 0 Å². The van der Waals surface area contributed by atoms with E-state index in [9.17, 15) is 19.2 Å². The second-order valence-electron chi connectivity index (χ2n) is 26.4. The van der Waals surface area contributed by atoms with Crippen LogP contribution >= 0.6 is 0 Å². The molecule has 18 heteroatoms. The van der Waals surface area contributed by atoms with E-state index in [0.29, 0.717) is 23.0 Å². The molecule has 8 amide bonds. The van der Waals surface area contributed by atoms with Gasteiger partial charge in [0.2, 0.25) is 23.6 Å². The Kier molecular flexibility index (Phi) is 18.1. The van der Waals surface area contributed by atoms with Crippen LogP contribution in [0.5, 0.6) is 46.0 Å². The number of rotatable bonds is 22. The summed E-state index contributed by atoms with van der Waals surface area (Å²) in [6.45, 7) is 32.9. The minimum atomic E-state index is -1.39. The monoisotopic (exact) mass is 1290 g/mol. The number of aryl methyl sites for hydroxylation is 8. The van der Waals surface area contributed by atoms with Crippen molar-refractivity contribution in [3.63, 3.8) is 0 Å². The molecule has 0 saturated carbocycles. The number of hydrogen-bond donors (Lipinski definition) is 4. The van der Waals surface area contributed by atoms with E-state index >= 15 is 19.2 Å². The highest BCUT2D eigenvalue weighted by Crippen LogP contribution is 2.58. The molecule has 0 fully saturated rings. The van der Waals surface area contributed by atoms with Gasteiger partial charge < -0.3 is 40.2 Å². The first kappa shape index (κ1) is 66.6. The van der Waals surface area contributed by atoms with Crippen LogP contribution in [-0.2, 0) is 19.2 Å². The Morgan fingerprint density at radius 1 is 0.344 bits per heavy atom. The minimum Gasteiger partial charge on any atom is -0.457 e. The van der Waals surface area contributed by atoms with Crippen LogP contribution in [0, 0.1) is 67.2 Å². The molecule has 2 heterocycles. The second-order valence-corrected chi connectivity index (χ2v) is 26.4. The third-order valence-electron chi connectivity index (χ3n) is 17.2. The highest BCUT2D eigenvalue weighted by atomic mass is 16.5. The SMILES string of the molecule is C=C(C)C(=O)NCCNC(=O)C(C(C)C)N1C(=O)c2cc(Oc3cc(C)cc(C)c3)c3c4c(Oc5cc(C)cc(C)c5)cc5c6c(cc(Oc7cc(C)cc(C)c7)c(c7c(Oc8cc(C)cc(C)c8)cc(c2c37)C1=O)c64)C(=O)N(C(C(=O)NCCNC(=O)C(=C)C)C(C)C)C5=O. The van der Waals surface area contributed by atoms with E-state index in [1.807, 2.05) is 128 Å². The molecular weight excluding hydrogens is 1210 g/mol. The molecule has 2 aliphatic rings. The molecule has 0 aliphatic carbocycles. The summed E-state index contributed by atoms with van der Waals surface area (Å²) in [4.78, 5) is 121. The summed E-state index contributed by atoms with van der Waals surface area (Å²) in [6, 6.07) is 26.2. The Morgan fingerprint density at radius 3 is 0.771 bits per heavy atom. The van der Waals surface area contributed by atoms with Gasteiger partial charge in [-0.1, -0.05) is 65.1 Å². The van der Waals surface area contributed by atoms with Crippen LogP contribution in [0.3, 0.4) is 0 Å². The van der Waals surface area contributed by atoms with E-state index in [-0.39, 0.29) is 126 Å². The molecule has 0 aromatic heterocycles. The first-order valence-electron chi connectivity index (χ1n) is 32.1. The van der Waals surface area contributed by atoms with Gasteiger partial charge in [-0.25, -0.2) is 0 Å². The van der Waals surface area contributed by atoms with E-state index in [0.717, 1.165) is 54.3 Å². The van der Waals surface area contributed by atoms with Crippen molar-refractivity contribution in [3.05, 3.63) is 188 Å². The Labute approximate surface area is 557 Å². The molecule has 18 nitrogen and oxygen atoms in total. The zero-order chi connectivity index (χ0) is 69.2. The molecule has 0 saturated heterocycles. The Hall–Kier alpha value is -10.9. The zero-order valence-electron chi connectivity index (χ0n) is 56.6. The van der Waals surface area contributed by atoms with Gasteiger partial charge in [-0.2, -0.15) is 0 Å². The molecule has 9 aromatic rings. The summed E-state index contributed by atoms with van der Waals surface area (Å²) in [7, 11) is 0. The predicted octanol–water partition coefficient (Wildman–Crippen LogP) is 14.2. The van der Waals surface area contributed by atoms with Gasteiger partial charge in [0.15, 0.2) is 0 Å². The topological polar surface area (TPSA) is 228 Å². The van der Waals surface area contributed by atoms with Gasteiger partial charge in [-0.3, -0.25) is 48.2 Å². The summed E-state index contributed by atoms with van der Waals surface area (Å²) in [6.07, 6.45) is 0. The number of carbonyl (C=O) groups excluding carboxylic acids is 8. The molecule has 9 aromatic carbocycles. The molecule has 2 aliphatic heterocycles. The van der Waals surface area contributed by atoms with Gasteiger partial charge in [0, 0.05) is 80.4 Å². The lowest BCUT2D eigenvalue weighted by Gasteiger charge is -2.37. The molecule has 96 heavy (non-hydrogen) atoms. The van der Waals surface area contributed by atoms with Crippen LogP contribution < -0.4 is 40.2 Å². The molecule has 0 radical (unpaired) electrons. The van der Waals surface area contributed by atoms with Crippen molar-refractivity contribution in [2.24, 2.45) is 11.8 Å². The zero-order valence-corrected chi connectivity index (χ0v) is 56.6. The maximum Gasteiger partial charge on any atom is 0.262 e. The molecule has 4 N–H and O–H groups in total. The number of fused-ring (bicyclic) bond motifs is 2. The highest BCUT2D eigenvalue weighted by Gasteiger charge is 2.47. The van der Waals surface area contributed by atoms with E-state index in [1.54, 1.807) is 65.8 Å². The standard InChI is InChI=1S/C78H78N6O12/c1-37(2)69(73(87)81-19-17-79-71(85)39(5)6)83-75(89)53-33-57(93-49-25-41(9)21-42(10)26-49)63-65-59(95-51-29-45(13)23-46(14)30-51)35-55-62-56(78(92)84(77(55)91)70(38(3)4)74(88)82-20-18-80-72(86)40(7)8)36-60(96-52-31-47(15)24-48(16)32-52)66(68(62)65)64-58(34-54(76(83)90)61(53)67(63)64)94-50-27-43(11)22-44(12)28-50/h21-38,69-70H,5,7,17-20H2,1-4,6,8-16H3,(H,79,85)(H,80,86)(H,81,87)(H,82,88). The third kappa shape index (κ3) is 12.6. The molecule has 2 atom stereocenters. The van der Waals surface area contributed by atoms with Gasteiger partial charge >= 0.3 is 0 Å². The normalized spacial score (nSPS) is 13.5. The lowest BCUT2D eigenvalue weighted by molar-refractivity contribution is -0.127. The number of carbonyl (C=O) groups is 8. The van der Waals surface area contributed by atoms with Crippen LogP contribution in [0.4, 0.5) is 0 Å². The number of benzene rings is 9. The Morgan fingerprint density at radius 2 is 0.562 bits per heavy atom. The fraction of sp³-hybridized carbons (Fsp3) is 0.282. The van der Waals surface area contributed by atoms with E-state index < -0.39 is 71.2 Å². The number of ether oxygens (including phenoxy) is 4. The summed E-state index contributed by atoms with van der Waals surface area (Å²) in [5, 5.41) is 13.2. The smallest absolute Gasteiger partial charge is 0.262 e. The molecule has 2 unspecified atom stereocenters. The first-order valence-corrected chi connectivity index (χ1v) is 32.1. The summed E-state index contributed by atoms with van der Waals surface area (Å²) >= 11 is 0. The number of nitrogens with one attached hydrogen (secondary N) is 4. The van der Waals surface area contributed by atoms with Crippen molar-refractivity contribution >= 4 is 90.3 Å². The molecule has 0 spiro atoms. The van der Waals surface area contributed by atoms with Crippen LogP contribution in [-0.4, -0.2) is 95.3 Å². The summed E-state index contributed by atoms with van der Waals surface area (Å²) < 4.78 is 29.0. The average molecular weight is 1290 g/mol. The molecule has 492 valence electrons. The largest absolute Gasteiger partial charge is 0.457 e. The lowest BCUT2D eigenvalue weighted by Crippen LogP contribution is -2.56. The van der Waals surface area contributed by atoms with Gasteiger partial charge in [0.1, 0.15) is 58.1 Å². The van der Waals surface area contributed by atoms with Crippen molar-refractivity contribution in [2.45, 2.75) is 109 Å².